The lowest BCUT2D eigenvalue weighted by Crippen LogP contribution is -2.18. The van der Waals surface area contributed by atoms with E-state index in [1.807, 2.05) is 24.3 Å². The molecule has 28 heavy (non-hydrogen) atoms. The highest BCUT2D eigenvalue weighted by Gasteiger charge is 2.35. The minimum Gasteiger partial charge on any atom is -0.325 e. The van der Waals surface area contributed by atoms with E-state index in [0.717, 1.165) is 34.9 Å². The number of rotatable bonds is 5. The molecular formula is C17H13F3N4O3S. The van der Waals surface area contributed by atoms with Crippen LogP contribution in [0, 0.1) is 10.1 Å². The number of hydrogen-bond donors (Lipinski definition) is 1. The van der Waals surface area contributed by atoms with E-state index in [0.29, 0.717) is 11.2 Å². The molecule has 0 unspecified atom stereocenters. The summed E-state index contributed by atoms with van der Waals surface area (Å²) in [6, 6.07) is 9.52. The molecule has 1 amide bonds. The van der Waals surface area contributed by atoms with Gasteiger partial charge in [0.15, 0.2) is 5.16 Å². The van der Waals surface area contributed by atoms with Crippen molar-refractivity contribution in [3.05, 3.63) is 58.1 Å². The molecule has 0 aliphatic rings. The second-order valence-corrected chi connectivity index (χ2v) is 6.71. The molecule has 2 aromatic carbocycles. The van der Waals surface area contributed by atoms with Crippen molar-refractivity contribution < 1.29 is 22.9 Å². The van der Waals surface area contributed by atoms with Crippen LogP contribution in [-0.2, 0) is 18.0 Å². The summed E-state index contributed by atoms with van der Waals surface area (Å²) in [7, 11) is 1.77. The zero-order chi connectivity index (χ0) is 20.5. The van der Waals surface area contributed by atoms with Gasteiger partial charge in [-0.25, -0.2) is 4.98 Å². The van der Waals surface area contributed by atoms with Gasteiger partial charge in [0.25, 0.3) is 5.69 Å². The lowest BCUT2D eigenvalue weighted by Gasteiger charge is -2.13. The van der Waals surface area contributed by atoms with Crippen molar-refractivity contribution in [1.82, 2.24) is 9.55 Å². The van der Waals surface area contributed by atoms with E-state index in [-0.39, 0.29) is 5.75 Å². The van der Waals surface area contributed by atoms with Gasteiger partial charge in [0, 0.05) is 19.2 Å². The van der Waals surface area contributed by atoms with Crippen LogP contribution in [0.2, 0.25) is 0 Å². The number of halogens is 3. The first-order valence-electron chi connectivity index (χ1n) is 7.86. The molecule has 0 fully saturated rings. The number of hydrogen-bond acceptors (Lipinski definition) is 5. The fourth-order valence-electron chi connectivity index (χ4n) is 2.56. The maximum absolute atomic E-state index is 13.2. The van der Waals surface area contributed by atoms with Crippen molar-refractivity contribution in [3.63, 3.8) is 0 Å². The van der Waals surface area contributed by atoms with Crippen molar-refractivity contribution in [3.8, 4) is 0 Å². The molecule has 0 saturated carbocycles. The number of alkyl halides is 3. The van der Waals surface area contributed by atoms with Gasteiger partial charge >= 0.3 is 6.18 Å². The first kappa shape index (κ1) is 19.7. The summed E-state index contributed by atoms with van der Waals surface area (Å²) >= 11 is 1.07. The lowest BCUT2D eigenvalue weighted by molar-refractivity contribution is -0.385. The van der Waals surface area contributed by atoms with E-state index < -0.39 is 33.9 Å². The molecule has 146 valence electrons. The molecule has 3 aromatic rings. The fraction of sp³-hybridized carbons (Fsp3) is 0.176. The van der Waals surface area contributed by atoms with Gasteiger partial charge in [0.1, 0.15) is 0 Å². The number of nitro benzene ring substituents is 1. The summed E-state index contributed by atoms with van der Waals surface area (Å²) in [4.78, 5) is 26.3. The number of fused-ring (bicyclic) bond motifs is 1. The van der Waals surface area contributed by atoms with Crippen LogP contribution in [0.15, 0.2) is 47.6 Å². The van der Waals surface area contributed by atoms with Crippen LogP contribution in [-0.4, -0.2) is 26.1 Å². The van der Waals surface area contributed by atoms with Crippen molar-refractivity contribution in [2.24, 2.45) is 7.05 Å². The molecule has 11 heteroatoms. The Morgan fingerprint density at radius 3 is 2.64 bits per heavy atom. The molecular weight excluding hydrogens is 397 g/mol. The van der Waals surface area contributed by atoms with E-state index in [2.05, 4.69) is 10.3 Å². The maximum atomic E-state index is 13.2. The Labute approximate surface area is 160 Å². The number of nitro groups is 1. The average molecular weight is 410 g/mol. The van der Waals surface area contributed by atoms with Gasteiger partial charge < -0.3 is 9.88 Å². The molecule has 7 nitrogen and oxygen atoms in total. The highest BCUT2D eigenvalue weighted by atomic mass is 32.2. The average Bonchev–Trinajstić information content (AvgIpc) is 2.95. The number of carbonyl (C=O) groups is 1. The summed E-state index contributed by atoms with van der Waals surface area (Å²) in [5.74, 6) is -0.859. The minimum atomic E-state index is -4.85. The first-order valence-corrected chi connectivity index (χ1v) is 8.85. The van der Waals surface area contributed by atoms with Gasteiger partial charge in [-0.1, -0.05) is 23.9 Å². The van der Waals surface area contributed by atoms with Crippen LogP contribution in [0.4, 0.5) is 24.5 Å². The molecule has 0 saturated heterocycles. The number of thioether (sulfide) groups is 1. The summed E-state index contributed by atoms with van der Waals surface area (Å²) in [5.41, 5.74) is -0.918. The molecule has 1 heterocycles. The summed E-state index contributed by atoms with van der Waals surface area (Å²) in [5, 5.41) is 13.4. The topological polar surface area (TPSA) is 90.1 Å². The van der Waals surface area contributed by atoms with E-state index in [1.165, 1.54) is 0 Å². The molecule has 0 spiro atoms. The van der Waals surface area contributed by atoms with E-state index in [1.54, 1.807) is 11.6 Å². The Morgan fingerprint density at radius 1 is 1.29 bits per heavy atom. The fourth-order valence-corrected chi connectivity index (χ4v) is 3.35. The Bertz CT molecular complexity index is 1070. The monoisotopic (exact) mass is 410 g/mol. The lowest BCUT2D eigenvalue weighted by atomic mass is 10.1. The highest BCUT2D eigenvalue weighted by molar-refractivity contribution is 7.99. The highest BCUT2D eigenvalue weighted by Crippen LogP contribution is 2.37. The molecule has 3 rings (SSSR count). The number of anilines is 1. The quantitative estimate of drug-likeness (QED) is 0.386. The third kappa shape index (κ3) is 4.09. The van der Waals surface area contributed by atoms with Gasteiger partial charge in [0.2, 0.25) is 5.91 Å². The second kappa shape index (κ2) is 7.50. The molecule has 0 aliphatic heterocycles. The van der Waals surface area contributed by atoms with Crippen LogP contribution >= 0.6 is 11.8 Å². The number of benzene rings is 2. The third-order valence-electron chi connectivity index (χ3n) is 3.87. The van der Waals surface area contributed by atoms with Crippen LogP contribution < -0.4 is 5.32 Å². The first-order chi connectivity index (χ1) is 13.2. The van der Waals surface area contributed by atoms with Crippen LogP contribution in [0.1, 0.15) is 5.56 Å². The zero-order valence-corrected chi connectivity index (χ0v) is 15.2. The number of amides is 1. The number of nitrogens with zero attached hydrogens (tertiary/aromatic N) is 3. The Hall–Kier alpha value is -3.08. The number of aryl methyl sites for hydroxylation is 1. The van der Waals surface area contributed by atoms with Gasteiger partial charge in [-0.2, -0.15) is 13.2 Å². The normalized spacial score (nSPS) is 11.6. The van der Waals surface area contributed by atoms with E-state index in [9.17, 15) is 28.1 Å². The van der Waals surface area contributed by atoms with Crippen LogP contribution in [0.5, 0.6) is 0 Å². The molecule has 1 aromatic heterocycles. The van der Waals surface area contributed by atoms with Crippen molar-refractivity contribution in [1.29, 1.82) is 0 Å². The van der Waals surface area contributed by atoms with Crippen LogP contribution in [0.25, 0.3) is 11.0 Å². The minimum absolute atomic E-state index is 0.175. The standard InChI is InChI=1S/C17H13F3N4O3S/c1-23-14-5-3-2-4-13(14)22-16(23)28-9-15(25)21-12-7-6-10(24(26)27)8-11(12)17(18,19)20/h2-8H,9H2,1H3,(H,21,25). The second-order valence-electron chi connectivity index (χ2n) is 5.76. The number of carbonyl (C=O) groups excluding carboxylic acids is 1. The molecule has 0 bridgehead atoms. The smallest absolute Gasteiger partial charge is 0.325 e. The summed E-state index contributed by atoms with van der Waals surface area (Å²) < 4.78 is 41.3. The molecule has 0 atom stereocenters. The largest absolute Gasteiger partial charge is 0.418 e. The van der Waals surface area contributed by atoms with Gasteiger partial charge in [-0.05, 0) is 18.2 Å². The van der Waals surface area contributed by atoms with Gasteiger partial charge in [-0.15, -0.1) is 0 Å². The summed E-state index contributed by atoms with van der Waals surface area (Å²) in [6.45, 7) is 0. The molecule has 1 N–H and O–H groups in total. The number of nitrogens with one attached hydrogen (secondary N) is 1. The van der Waals surface area contributed by atoms with Gasteiger partial charge in [0.05, 0.1) is 33.0 Å². The predicted molar refractivity (Wildman–Crippen MR) is 98.2 cm³/mol. The Kier molecular flexibility index (Phi) is 5.27. The number of aromatic nitrogens is 2. The number of imidazole rings is 1. The van der Waals surface area contributed by atoms with Crippen molar-refractivity contribution in [2.45, 2.75) is 11.3 Å². The van der Waals surface area contributed by atoms with E-state index >= 15 is 0 Å². The number of non-ortho nitro benzene ring substituents is 1. The Morgan fingerprint density at radius 2 is 2.00 bits per heavy atom. The summed E-state index contributed by atoms with van der Waals surface area (Å²) in [6.07, 6.45) is -4.85. The maximum Gasteiger partial charge on any atom is 0.418 e. The van der Waals surface area contributed by atoms with Crippen molar-refractivity contribution in [2.75, 3.05) is 11.1 Å². The third-order valence-corrected chi connectivity index (χ3v) is 4.90. The Balaban J connectivity index is 1.75. The van der Waals surface area contributed by atoms with E-state index in [4.69, 9.17) is 0 Å². The predicted octanol–water partition coefficient (Wildman–Crippen LogP) is 4.23. The van der Waals surface area contributed by atoms with Crippen molar-refractivity contribution >= 4 is 40.1 Å². The zero-order valence-electron chi connectivity index (χ0n) is 14.4. The van der Waals surface area contributed by atoms with Gasteiger partial charge in [-0.3, -0.25) is 14.9 Å². The SMILES string of the molecule is Cn1c(SCC(=O)Nc2ccc([N+](=O)[O-])cc2C(F)(F)F)nc2ccccc21. The number of para-hydroxylation sites is 2. The van der Waals surface area contributed by atoms with Crippen LogP contribution in [0.3, 0.4) is 0 Å². The molecule has 0 radical (unpaired) electrons. The molecule has 0 aliphatic carbocycles.